The van der Waals surface area contributed by atoms with Crippen LogP contribution in [0.15, 0.2) is 393 Å². The van der Waals surface area contributed by atoms with Gasteiger partial charge in [-0.05, 0) is 129 Å². The van der Waals surface area contributed by atoms with Crippen LogP contribution < -0.4 is 63.7 Å². The van der Waals surface area contributed by atoms with Crippen molar-refractivity contribution < 1.29 is 20.4 Å². The van der Waals surface area contributed by atoms with Crippen molar-refractivity contribution in [2.45, 2.75) is 0 Å². The van der Waals surface area contributed by atoms with Crippen LogP contribution in [-0.2, 0) is 20.4 Å². The minimum atomic E-state index is -0.446. The average Bonchev–Trinajstić information content (AvgIpc) is 3.73. The van der Waals surface area contributed by atoms with Gasteiger partial charge in [-0.25, -0.2) is 0 Å². The summed E-state index contributed by atoms with van der Waals surface area (Å²) in [5.41, 5.74) is 0.901. The van der Waals surface area contributed by atoms with Crippen LogP contribution >= 0.6 is 47.6 Å². The summed E-state index contributed by atoms with van der Waals surface area (Å²) in [6, 6.07) is 133. The van der Waals surface area contributed by atoms with Gasteiger partial charge in [-0.15, -0.1) is 0 Å². The molecule has 0 saturated heterocycles. The Hall–Kier alpha value is -7.61. The maximum absolute atomic E-state index is 4.03. The SMILES string of the molecule is C=Cc1ccc(Br)cn1.[Pd].c1ccc(P(c2ccccc2)c2ccccc2)cc1.c1ccc(P(c2ccccc2)c2ccccc2)cc1.c1ccc(P(c2ccccc2)c2ccccc2)cc1.c1ccc(P(c2ccccc2)c2ccccc2)cc1. The molecule has 13 aromatic rings. The van der Waals surface area contributed by atoms with Gasteiger partial charge in [-0.3, -0.25) is 4.98 Å². The van der Waals surface area contributed by atoms with E-state index < -0.39 is 31.7 Å². The molecule has 0 spiro atoms. The minimum absolute atomic E-state index is 0. The smallest absolute Gasteiger partial charge is 0.0624 e. The van der Waals surface area contributed by atoms with Crippen LogP contribution in [0.3, 0.4) is 0 Å². The molecule has 13 rings (SSSR count). The second-order valence-corrected chi connectivity index (χ2v) is 28.8. The molecule has 0 aliphatic rings. The second kappa shape index (κ2) is 36.4. The molecule has 0 atom stereocenters. The first kappa shape index (κ1) is 64.4. The molecule has 0 amide bonds. The van der Waals surface area contributed by atoms with Gasteiger partial charge < -0.3 is 0 Å². The molecule has 1 heterocycles. The fourth-order valence-electron chi connectivity index (χ4n) is 9.22. The van der Waals surface area contributed by atoms with Crippen LogP contribution in [0, 0.1) is 0 Å². The zero-order chi connectivity index (χ0) is 58.4. The number of halogens is 1. The molecule has 1 nitrogen and oxygen atoms in total. The molecule has 424 valence electrons. The van der Waals surface area contributed by atoms with E-state index in [1.54, 1.807) is 12.3 Å². The van der Waals surface area contributed by atoms with Gasteiger partial charge in [-0.1, -0.05) is 371 Å². The summed E-state index contributed by atoms with van der Waals surface area (Å²) in [4.78, 5) is 4.03. The molecule has 0 radical (unpaired) electrons. The van der Waals surface area contributed by atoms with Crippen LogP contribution in [0.1, 0.15) is 5.69 Å². The third-order valence-electron chi connectivity index (χ3n) is 13.1. The van der Waals surface area contributed by atoms with Crippen molar-refractivity contribution in [3.63, 3.8) is 0 Å². The molecular weight excluding hydrogens is 1270 g/mol. The zero-order valence-corrected chi connectivity index (χ0v) is 54.3. The van der Waals surface area contributed by atoms with Gasteiger partial charge in [0.2, 0.25) is 0 Å². The number of hydrogen-bond donors (Lipinski definition) is 0. The van der Waals surface area contributed by atoms with Crippen molar-refractivity contribution in [1.29, 1.82) is 0 Å². The molecule has 0 aliphatic carbocycles. The first-order valence-corrected chi connectivity index (χ1v) is 34.3. The normalized spacial score (nSPS) is 10.3. The number of rotatable bonds is 13. The van der Waals surface area contributed by atoms with Crippen molar-refractivity contribution in [2.24, 2.45) is 0 Å². The predicted molar refractivity (Wildman–Crippen MR) is 383 cm³/mol. The zero-order valence-electron chi connectivity index (χ0n) is 47.6. The molecular formula is C79H66BrNP4Pd. The summed E-state index contributed by atoms with van der Waals surface area (Å²) in [6.45, 7) is 3.58. The Balaban J connectivity index is 0.000000142. The molecule has 0 saturated carbocycles. The topological polar surface area (TPSA) is 12.9 Å². The summed E-state index contributed by atoms with van der Waals surface area (Å²) in [6.07, 6.45) is 3.46. The van der Waals surface area contributed by atoms with Gasteiger partial charge in [0.1, 0.15) is 0 Å². The fraction of sp³-hybridized carbons (Fsp3) is 0. The van der Waals surface area contributed by atoms with E-state index in [-0.39, 0.29) is 20.4 Å². The van der Waals surface area contributed by atoms with E-state index in [9.17, 15) is 0 Å². The molecule has 0 aliphatic heterocycles. The third-order valence-corrected chi connectivity index (χ3v) is 23.4. The second-order valence-electron chi connectivity index (χ2n) is 19.0. The third kappa shape index (κ3) is 19.7. The molecule has 1 aromatic heterocycles. The standard InChI is InChI=1S/4C18H15P.C7H6BrN.Pd/c4*1-4-10-16(11-5-1)19(17-12-6-2-7-13-17)18-14-8-3-9-15-18;1-2-7-4-3-6(8)5-9-7;/h4*1-15H;2-5H,1H2;. The fourth-order valence-corrected chi connectivity index (χ4v) is 18.7. The summed E-state index contributed by atoms with van der Waals surface area (Å²) < 4.78 is 0.994. The molecule has 12 aromatic carbocycles. The van der Waals surface area contributed by atoms with E-state index in [1.807, 2.05) is 12.1 Å². The van der Waals surface area contributed by atoms with Gasteiger partial charge >= 0.3 is 0 Å². The van der Waals surface area contributed by atoms with Crippen LogP contribution in [0.2, 0.25) is 0 Å². The number of hydrogen-bond acceptors (Lipinski definition) is 1. The van der Waals surface area contributed by atoms with E-state index in [0.717, 1.165) is 10.2 Å². The summed E-state index contributed by atoms with van der Waals surface area (Å²) in [5.74, 6) is 0. The maximum Gasteiger partial charge on any atom is 0.0624 e. The van der Waals surface area contributed by atoms with E-state index >= 15 is 0 Å². The quantitative estimate of drug-likeness (QED) is 0.0828. The first-order chi connectivity index (χ1) is 42.1. The number of nitrogens with zero attached hydrogens (tertiary/aromatic N) is 1. The Morgan fingerprint density at radius 3 is 0.465 bits per heavy atom. The maximum atomic E-state index is 4.03. The number of pyridine rings is 1. The molecule has 0 N–H and O–H groups in total. The van der Waals surface area contributed by atoms with Crippen molar-refractivity contribution >= 4 is 117 Å². The van der Waals surface area contributed by atoms with Crippen molar-refractivity contribution in [2.75, 3.05) is 0 Å². The molecule has 0 bridgehead atoms. The number of aromatic nitrogens is 1. The Kier molecular flexibility index (Phi) is 27.3. The summed E-state index contributed by atoms with van der Waals surface area (Å²) in [5, 5.41) is 16.8. The van der Waals surface area contributed by atoms with Crippen molar-refractivity contribution in [3.05, 3.63) is 399 Å². The van der Waals surface area contributed by atoms with E-state index in [4.69, 9.17) is 0 Å². The van der Waals surface area contributed by atoms with Gasteiger partial charge in [0.05, 0.1) is 5.69 Å². The van der Waals surface area contributed by atoms with Crippen molar-refractivity contribution in [3.8, 4) is 0 Å². The van der Waals surface area contributed by atoms with Gasteiger partial charge in [0.15, 0.2) is 0 Å². The monoisotopic (exact) mass is 1340 g/mol. The Labute approximate surface area is 537 Å². The summed E-state index contributed by atoms with van der Waals surface area (Å²) >= 11 is 3.28. The van der Waals surface area contributed by atoms with Crippen LogP contribution in [0.4, 0.5) is 0 Å². The van der Waals surface area contributed by atoms with E-state index in [0.29, 0.717) is 0 Å². The number of benzene rings is 12. The Morgan fingerprint density at radius 2 is 0.360 bits per heavy atom. The molecule has 0 fully saturated rings. The van der Waals surface area contributed by atoms with Crippen LogP contribution in [-0.4, -0.2) is 4.98 Å². The largest absolute Gasteiger partial charge is 0.256 e. The van der Waals surface area contributed by atoms with Crippen LogP contribution in [0.25, 0.3) is 6.08 Å². The van der Waals surface area contributed by atoms with Gasteiger partial charge in [0.25, 0.3) is 0 Å². The van der Waals surface area contributed by atoms with E-state index in [2.05, 4.69) is 391 Å². The molecule has 0 unspecified atom stereocenters. The molecule has 86 heavy (non-hydrogen) atoms. The van der Waals surface area contributed by atoms with E-state index in [1.165, 1.54) is 63.7 Å². The first-order valence-electron chi connectivity index (χ1n) is 28.2. The average molecular weight is 1340 g/mol. The Morgan fingerprint density at radius 1 is 0.221 bits per heavy atom. The summed E-state index contributed by atoms with van der Waals surface area (Å²) in [7, 11) is -1.78. The van der Waals surface area contributed by atoms with Gasteiger partial charge in [0, 0.05) is 31.1 Å². The minimum Gasteiger partial charge on any atom is -0.256 e. The van der Waals surface area contributed by atoms with Crippen LogP contribution in [0.5, 0.6) is 0 Å². The van der Waals surface area contributed by atoms with Crippen molar-refractivity contribution in [1.82, 2.24) is 4.98 Å². The van der Waals surface area contributed by atoms with Gasteiger partial charge in [-0.2, -0.15) is 0 Å². The molecule has 7 heteroatoms. The Bertz CT molecular complexity index is 3020. The predicted octanol–water partition coefficient (Wildman–Crippen LogP) is 16.3.